The van der Waals surface area contributed by atoms with Gasteiger partial charge in [-0.2, -0.15) is 0 Å². The summed E-state index contributed by atoms with van der Waals surface area (Å²) in [5.41, 5.74) is 7.99. The highest BCUT2D eigenvalue weighted by Gasteiger charge is 2.21. The zero-order valence-electron chi connectivity index (χ0n) is 17.4. The molecular formula is C28H28N+. The van der Waals surface area contributed by atoms with Gasteiger partial charge in [-0.25, -0.2) is 4.57 Å². The molecule has 0 unspecified atom stereocenters. The van der Waals surface area contributed by atoms with Crippen LogP contribution in [0.25, 0.3) is 33.2 Å². The van der Waals surface area contributed by atoms with Gasteiger partial charge in [-0.05, 0) is 65.5 Å². The smallest absolute Gasteiger partial charge is 0.200 e. The van der Waals surface area contributed by atoms with E-state index in [2.05, 4.69) is 97.5 Å². The number of rotatable bonds is 3. The number of nitrogens with zero attached hydrogens (tertiary/aromatic N) is 1. The molecule has 0 spiro atoms. The third-order valence-electron chi connectivity index (χ3n) is 6.58. The highest BCUT2D eigenvalue weighted by atomic mass is 14.9. The second-order valence-electron chi connectivity index (χ2n) is 8.50. The predicted octanol–water partition coefficient (Wildman–Crippen LogP) is 6.96. The Hall–Kier alpha value is -2.93. The van der Waals surface area contributed by atoms with Crippen molar-refractivity contribution in [3.8, 4) is 22.4 Å². The summed E-state index contributed by atoms with van der Waals surface area (Å²) in [4.78, 5) is 0. The summed E-state index contributed by atoms with van der Waals surface area (Å²) in [6.07, 6.45) is 7.66. The molecular weight excluding hydrogens is 350 g/mol. The van der Waals surface area contributed by atoms with Crippen LogP contribution in [0.15, 0.2) is 79.0 Å². The minimum atomic E-state index is 0.753. The minimum Gasteiger partial charge on any atom is -0.200 e. The second-order valence-corrected chi connectivity index (χ2v) is 8.50. The lowest BCUT2D eigenvalue weighted by Gasteiger charge is -2.13. The van der Waals surface area contributed by atoms with E-state index in [-0.39, 0.29) is 0 Å². The number of fused-ring (bicyclic) bond motifs is 1. The number of aryl methyl sites for hydroxylation is 2. The fourth-order valence-electron chi connectivity index (χ4n) is 4.98. The molecule has 0 aliphatic heterocycles. The van der Waals surface area contributed by atoms with E-state index in [4.69, 9.17) is 0 Å². The molecule has 5 rings (SSSR count). The van der Waals surface area contributed by atoms with E-state index in [1.54, 1.807) is 0 Å². The first-order valence-corrected chi connectivity index (χ1v) is 10.8. The molecule has 3 aromatic carbocycles. The molecule has 0 atom stereocenters. The molecule has 1 saturated carbocycles. The van der Waals surface area contributed by atoms with Crippen molar-refractivity contribution in [1.82, 2.24) is 0 Å². The Kier molecular flexibility index (Phi) is 4.67. The topological polar surface area (TPSA) is 3.88 Å². The van der Waals surface area contributed by atoms with E-state index in [0.717, 1.165) is 5.92 Å². The van der Waals surface area contributed by atoms with E-state index < -0.39 is 0 Å². The predicted molar refractivity (Wildman–Crippen MR) is 122 cm³/mol. The lowest BCUT2D eigenvalue weighted by Crippen LogP contribution is -2.30. The minimum absolute atomic E-state index is 0.753. The maximum atomic E-state index is 2.43. The van der Waals surface area contributed by atoms with Crippen LogP contribution < -0.4 is 4.57 Å². The summed E-state index contributed by atoms with van der Waals surface area (Å²) in [5, 5.41) is 2.70. The number of hydrogen-bond acceptors (Lipinski definition) is 0. The highest BCUT2D eigenvalue weighted by Crippen LogP contribution is 2.37. The summed E-state index contributed by atoms with van der Waals surface area (Å²) in [6, 6.07) is 26.9. The van der Waals surface area contributed by atoms with Crippen LogP contribution in [0.4, 0.5) is 0 Å². The van der Waals surface area contributed by atoms with Crippen LogP contribution in [0.5, 0.6) is 0 Å². The first-order chi connectivity index (χ1) is 14.2. The first kappa shape index (κ1) is 18.1. The van der Waals surface area contributed by atoms with Crippen molar-refractivity contribution < 1.29 is 4.57 Å². The third kappa shape index (κ3) is 3.35. The zero-order valence-corrected chi connectivity index (χ0v) is 17.4. The van der Waals surface area contributed by atoms with Gasteiger partial charge in [-0.1, -0.05) is 67.4 Å². The summed E-state index contributed by atoms with van der Waals surface area (Å²) in [5.74, 6) is 0.753. The third-order valence-corrected chi connectivity index (χ3v) is 6.58. The Labute approximate surface area is 173 Å². The second kappa shape index (κ2) is 7.48. The number of hydrogen-bond donors (Lipinski definition) is 0. The lowest BCUT2D eigenvalue weighted by molar-refractivity contribution is -0.659. The van der Waals surface area contributed by atoms with Crippen molar-refractivity contribution in [2.45, 2.75) is 38.5 Å². The maximum Gasteiger partial charge on any atom is 0.220 e. The van der Waals surface area contributed by atoms with Gasteiger partial charge >= 0.3 is 0 Å². The first-order valence-electron chi connectivity index (χ1n) is 10.8. The van der Waals surface area contributed by atoms with Crippen LogP contribution in [0.2, 0.25) is 0 Å². The van der Waals surface area contributed by atoms with Crippen molar-refractivity contribution >= 4 is 10.8 Å². The summed E-state index contributed by atoms with van der Waals surface area (Å²) < 4.78 is 2.27. The molecule has 4 aromatic rings. The monoisotopic (exact) mass is 378 g/mol. The van der Waals surface area contributed by atoms with Crippen LogP contribution in [-0.4, -0.2) is 0 Å². The van der Waals surface area contributed by atoms with Crippen LogP contribution in [0.3, 0.4) is 0 Å². The molecule has 1 aliphatic carbocycles. The molecule has 0 saturated heterocycles. The molecule has 1 heterocycles. The Morgan fingerprint density at radius 1 is 0.793 bits per heavy atom. The van der Waals surface area contributed by atoms with Gasteiger partial charge in [0.2, 0.25) is 5.69 Å². The maximum absolute atomic E-state index is 2.43. The van der Waals surface area contributed by atoms with Gasteiger partial charge in [0, 0.05) is 11.6 Å². The number of benzene rings is 3. The quantitative estimate of drug-likeness (QED) is 0.339. The molecule has 1 heteroatoms. The highest BCUT2D eigenvalue weighted by molar-refractivity contribution is 5.94. The summed E-state index contributed by atoms with van der Waals surface area (Å²) in [6.45, 7) is 2.23. The molecule has 144 valence electrons. The largest absolute Gasteiger partial charge is 0.220 e. The van der Waals surface area contributed by atoms with Gasteiger partial charge in [0.05, 0.1) is 5.39 Å². The van der Waals surface area contributed by atoms with Gasteiger partial charge in [0.1, 0.15) is 7.05 Å². The fourth-order valence-corrected chi connectivity index (χ4v) is 4.98. The molecule has 1 aromatic heterocycles. The van der Waals surface area contributed by atoms with Crippen LogP contribution in [-0.2, 0) is 7.05 Å². The average Bonchev–Trinajstić information content (AvgIpc) is 3.29. The fraction of sp³-hybridized carbons (Fsp3) is 0.250. The molecule has 0 radical (unpaired) electrons. The molecule has 1 aliphatic rings. The normalized spacial score (nSPS) is 14.6. The van der Waals surface area contributed by atoms with Gasteiger partial charge in [0.25, 0.3) is 0 Å². The molecule has 0 amide bonds. The SMILES string of the molecule is Cc1cc(-c2ccccc2)ccc1-c1c2ccc(C3CCCC3)cc2cc[n+]1C. The molecule has 29 heavy (non-hydrogen) atoms. The van der Waals surface area contributed by atoms with E-state index in [0.29, 0.717) is 0 Å². The van der Waals surface area contributed by atoms with Gasteiger partial charge in [-0.3, -0.25) is 0 Å². The van der Waals surface area contributed by atoms with Gasteiger partial charge in [-0.15, -0.1) is 0 Å². The summed E-state index contributed by atoms with van der Waals surface area (Å²) >= 11 is 0. The molecule has 1 fully saturated rings. The lowest BCUT2D eigenvalue weighted by atomic mass is 9.92. The Balaban J connectivity index is 1.61. The van der Waals surface area contributed by atoms with Gasteiger partial charge < -0.3 is 0 Å². The van der Waals surface area contributed by atoms with E-state index in [1.165, 1.54) is 70.0 Å². The summed E-state index contributed by atoms with van der Waals surface area (Å²) in [7, 11) is 2.16. The van der Waals surface area contributed by atoms with Crippen LogP contribution in [0, 0.1) is 6.92 Å². The molecule has 0 bridgehead atoms. The van der Waals surface area contributed by atoms with Crippen LogP contribution >= 0.6 is 0 Å². The number of aromatic nitrogens is 1. The van der Waals surface area contributed by atoms with Crippen molar-refractivity contribution in [2.24, 2.45) is 7.05 Å². The molecule has 1 nitrogen and oxygen atoms in total. The van der Waals surface area contributed by atoms with Crippen molar-refractivity contribution in [3.05, 3.63) is 90.1 Å². The standard InChI is InChI=1S/C28H28N/c1-20-18-23(21-8-4-3-5-9-21)12-14-26(20)28-27-15-13-24(22-10-6-7-11-22)19-25(27)16-17-29(28)2/h3-5,8-9,12-19,22H,6-7,10-11H2,1-2H3/q+1. The van der Waals surface area contributed by atoms with Crippen molar-refractivity contribution in [2.75, 3.05) is 0 Å². The Morgan fingerprint density at radius 2 is 1.59 bits per heavy atom. The van der Waals surface area contributed by atoms with Crippen LogP contribution in [0.1, 0.15) is 42.7 Å². The Morgan fingerprint density at radius 3 is 2.34 bits per heavy atom. The zero-order chi connectivity index (χ0) is 19.8. The van der Waals surface area contributed by atoms with Gasteiger partial charge in [0.15, 0.2) is 6.20 Å². The average molecular weight is 379 g/mol. The van der Waals surface area contributed by atoms with E-state index >= 15 is 0 Å². The Bertz CT molecular complexity index is 1170. The van der Waals surface area contributed by atoms with E-state index in [9.17, 15) is 0 Å². The van der Waals surface area contributed by atoms with Crippen molar-refractivity contribution in [1.29, 1.82) is 0 Å². The van der Waals surface area contributed by atoms with Crippen molar-refractivity contribution in [3.63, 3.8) is 0 Å². The molecule has 0 N–H and O–H groups in total. The number of pyridine rings is 1. The van der Waals surface area contributed by atoms with E-state index in [1.807, 2.05) is 0 Å².